The van der Waals surface area contributed by atoms with E-state index >= 15 is 0 Å². The molecular weight excluding hydrogens is 206 g/mol. The normalized spacial score (nSPS) is 11.9. The number of hydrogen-bond donors (Lipinski definition) is 1. The van der Waals surface area contributed by atoms with Crippen molar-refractivity contribution in [1.82, 2.24) is 4.90 Å². The van der Waals surface area contributed by atoms with Crippen LogP contribution in [0.3, 0.4) is 0 Å². The summed E-state index contributed by atoms with van der Waals surface area (Å²) in [4.78, 5) is 13.6. The van der Waals surface area contributed by atoms with E-state index in [1.807, 2.05) is 13.0 Å². The average molecular weight is 227 g/mol. The minimum Gasteiger partial charge on any atom is -0.383 e. The Hall–Kier alpha value is -1.12. The van der Waals surface area contributed by atoms with Gasteiger partial charge in [-0.15, -0.1) is 0 Å². The number of nitrogens with zero attached hydrogens (tertiary/aromatic N) is 2. The summed E-state index contributed by atoms with van der Waals surface area (Å²) in [5.74, 6) is -0.0294. The molecule has 1 unspecified atom stereocenters. The summed E-state index contributed by atoms with van der Waals surface area (Å²) in [5, 5.41) is 8.53. The van der Waals surface area contributed by atoms with Crippen LogP contribution in [-0.2, 0) is 9.53 Å². The average Bonchev–Trinajstić information content (AvgIpc) is 2.29. The Morgan fingerprint density at radius 2 is 2.25 bits per heavy atom. The van der Waals surface area contributed by atoms with E-state index < -0.39 is 0 Å². The molecule has 0 aliphatic rings. The molecular formula is C11H21N3O2. The zero-order valence-electron chi connectivity index (χ0n) is 10.1. The number of carbonyl (C=O) groups is 1. The zero-order chi connectivity index (χ0) is 12.4. The van der Waals surface area contributed by atoms with Gasteiger partial charge in [-0.1, -0.05) is 6.92 Å². The first kappa shape index (κ1) is 14.9. The molecule has 0 saturated heterocycles. The molecule has 0 aromatic rings. The molecule has 92 valence electrons. The Kier molecular flexibility index (Phi) is 8.49. The molecule has 0 heterocycles. The zero-order valence-corrected chi connectivity index (χ0v) is 10.1. The van der Waals surface area contributed by atoms with Gasteiger partial charge in [0.05, 0.1) is 19.1 Å². The van der Waals surface area contributed by atoms with Crippen molar-refractivity contribution in [2.75, 3.05) is 33.4 Å². The number of nitriles is 1. The fraction of sp³-hybridized carbons (Fsp3) is 0.818. The van der Waals surface area contributed by atoms with Crippen LogP contribution in [0, 0.1) is 17.2 Å². The van der Waals surface area contributed by atoms with E-state index in [0.29, 0.717) is 39.1 Å². The number of rotatable bonds is 8. The maximum atomic E-state index is 12.0. The molecule has 5 nitrogen and oxygen atoms in total. The van der Waals surface area contributed by atoms with E-state index in [2.05, 4.69) is 0 Å². The molecule has 0 aliphatic heterocycles. The minimum absolute atomic E-state index is 0.0535. The molecule has 0 spiro atoms. The van der Waals surface area contributed by atoms with Crippen LogP contribution in [0.4, 0.5) is 0 Å². The van der Waals surface area contributed by atoms with E-state index in [4.69, 9.17) is 15.7 Å². The molecule has 0 aliphatic carbocycles. The maximum absolute atomic E-state index is 12.0. The first-order valence-electron chi connectivity index (χ1n) is 5.52. The summed E-state index contributed by atoms with van der Waals surface area (Å²) in [6.45, 7) is 3.86. The number of hydrogen-bond acceptors (Lipinski definition) is 4. The predicted octanol–water partition coefficient (Wildman–Crippen LogP) is 0.360. The highest BCUT2D eigenvalue weighted by Crippen LogP contribution is 2.07. The van der Waals surface area contributed by atoms with Gasteiger partial charge in [0.1, 0.15) is 0 Å². The quantitative estimate of drug-likeness (QED) is 0.649. The Morgan fingerprint density at radius 1 is 1.56 bits per heavy atom. The number of methoxy groups -OCH3 is 1. The summed E-state index contributed by atoms with van der Waals surface area (Å²) in [5.41, 5.74) is 5.42. The van der Waals surface area contributed by atoms with Gasteiger partial charge in [0.2, 0.25) is 5.91 Å². The highest BCUT2D eigenvalue weighted by atomic mass is 16.5. The van der Waals surface area contributed by atoms with Gasteiger partial charge in [0, 0.05) is 26.1 Å². The van der Waals surface area contributed by atoms with E-state index in [1.54, 1.807) is 12.0 Å². The Balaban J connectivity index is 4.24. The fourth-order valence-electron chi connectivity index (χ4n) is 1.40. The van der Waals surface area contributed by atoms with E-state index in [1.165, 1.54) is 0 Å². The number of ether oxygens (including phenoxy) is 1. The monoisotopic (exact) mass is 227 g/mol. The highest BCUT2D eigenvalue weighted by Gasteiger charge is 2.19. The van der Waals surface area contributed by atoms with Gasteiger partial charge in [0.25, 0.3) is 0 Å². The number of carbonyl (C=O) groups excluding carboxylic acids is 1. The minimum atomic E-state index is -0.0828. The second-order valence-corrected chi connectivity index (χ2v) is 3.70. The molecule has 1 atom stereocenters. The third kappa shape index (κ3) is 5.69. The first-order valence-corrected chi connectivity index (χ1v) is 5.52. The lowest BCUT2D eigenvalue weighted by atomic mass is 10.1. The van der Waals surface area contributed by atoms with Crippen molar-refractivity contribution in [3.8, 4) is 6.07 Å². The van der Waals surface area contributed by atoms with Crippen LogP contribution in [0.5, 0.6) is 0 Å². The summed E-state index contributed by atoms with van der Waals surface area (Å²) < 4.78 is 4.94. The van der Waals surface area contributed by atoms with E-state index in [9.17, 15) is 4.79 Å². The van der Waals surface area contributed by atoms with Crippen LogP contribution in [0.25, 0.3) is 0 Å². The van der Waals surface area contributed by atoms with E-state index in [0.717, 1.165) is 0 Å². The molecule has 0 fully saturated rings. The van der Waals surface area contributed by atoms with Crippen molar-refractivity contribution >= 4 is 5.91 Å². The largest absolute Gasteiger partial charge is 0.383 e. The van der Waals surface area contributed by atoms with Crippen molar-refractivity contribution in [1.29, 1.82) is 5.26 Å². The van der Waals surface area contributed by atoms with Crippen LogP contribution < -0.4 is 5.73 Å². The smallest absolute Gasteiger partial charge is 0.225 e. The first-order chi connectivity index (χ1) is 7.67. The van der Waals surface area contributed by atoms with Gasteiger partial charge in [0.15, 0.2) is 0 Å². The molecule has 16 heavy (non-hydrogen) atoms. The highest BCUT2D eigenvalue weighted by molar-refractivity contribution is 5.78. The van der Waals surface area contributed by atoms with Crippen LogP contribution in [0.2, 0.25) is 0 Å². The van der Waals surface area contributed by atoms with Gasteiger partial charge in [-0.2, -0.15) is 5.26 Å². The lowest BCUT2D eigenvalue weighted by Crippen LogP contribution is -2.38. The molecule has 0 saturated carbocycles. The second-order valence-electron chi connectivity index (χ2n) is 3.70. The lowest BCUT2D eigenvalue weighted by molar-refractivity contribution is -0.135. The molecule has 0 bridgehead atoms. The van der Waals surface area contributed by atoms with Gasteiger partial charge in [-0.25, -0.2) is 0 Å². The van der Waals surface area contributed by atoms with Crippen LogP contribution in [0.1, 0.15) is 19.8 Å². The fourth-order valence-corrected chi connectivity index (χ4v) is 1.40. The van der Waals surface area contributed by atoms with Crippen LogP contribution in [0.15, 0.2) is 0 Å². The molecule has 0 aromatic heterocycles. The van der Waals surface area contributed by atoms with Crippen LogP contribution in [-0.4, -0.2) is 44.2 Å². The van der Waals surface area contributed by atoms with Crippen molar-refractivity contribution < 1.29 is 9.53 Å². The van der Waals surface area contributed by atoms with Gasteiger partial charge >= 0.3 is 0 Å². The lowest BCUT2D eigenvalue weighted by Gasteiger charge is -2.24. The second kappa shape index (κ2) is 9.13. The van der Waals surface area contributed by atoms with Crippen molar-refractivity contribution in [3.05, 3.63) is 0 Å². The van der Waals surface area contributed by atoms with Crippen molar-refractivity contribution in [3.63, 3.8) is 0 Å². The summed E-state index contributed by atoms with van der Waals surface area (Å²) >= 11 is 0. The molecule has 2 N–H and O–H groups in total. The summed E-state index contributed by atoms with van der Waals surface area (Å²) in [7, 11) is 1.59. The number of nitrogens with two attached hydrogens (primary N) is 1. The van der Waals surface area contributed by atoms with Gasteiger partial charge in [-0.3, -0.25) is 4.79 Å². The topological polar surface area (TPSA) is 79.3 Å². The molecule has 0 rings (SSSR count). The molecule has 1 amide bonds. The third-order valence-electron chi connectivity index (χ3n) is 2.39. The van der Waals surface area contributed by atoms with Gasteiger partial charge in [-0.05, 0) is 13.0 Å². The standard InChI is InChI=1S/C11H21N3O2/c1-10(4-6-13)11(15)14(7-3-5-12)8-9-16-2/h10H,3-4,6-9,13H2,1-2H3. The Morgan fingerprint density at radius 3 is 2.75 bits per heavy atom. The predicted molar refractivity (Wildman–Crippen MR) is 61.5 cm³/mol. The van der Waals surface area contributed by atoms with E-state index in [-0.39, 0.29) is 11.8 Å². The molecule has 0 radical (unpaired) electrons. The third-order valence-corrected chi connectivity index (χ3v) is 2.39. The SMILES string of the molecule is COCCN(CCC#N)C(=O)C(C)CCN. The van der Waals surface area contributed by atoms with Crippen LogP contribution >= 0.6 is 0 Å². The molecule has 5 heteroatoms. The summed E-state index contributed by atoms with van der Waals surface area (Å²) in [6.07, 6.45) is 1.03. The molecule has 0 aromatic carbocycles. The Bertz CT molecular complexity index is 238. The summed E-state index contributed by atoms with van der Waals surface area (Å²) in [6, 6.07) is 2.04. The maximum Gasteiger partial charge on any atom is 0.225 e. The van der Waals surface area contributed by atoms with Crippen molar-refractivity contribution in [2.45, 2.75) is 19.8 Å². The van der Waals surface area contributed by atoms with Gasteiger partial charge < -0.3 is 15.4 Å². The Labute approximate surface area is 97.2 Å². The van der Waals surface area contributed by atoms with Crippen molar-refractivity contribution in [2.24, 2.45) is 11.7 Å². The number of amides is 1.